The Kier molecular flexibility index (Phi) is 3.78. The molecular formula is C12H20N4O. The SMILES string of the molecule is CCOC1CC(Nc2cc(N)nc(CC)n2)C1. The van der Waals surface area contributed by atoms with E-state index < -0.39 is 0 Å². The topological polar surface area (TPSA) is 73.1 Å². The molecule has 0 bridgehead atoms. The van der Waals surface area contributed by atoms with Crippen LogP contribution in [0.5, 0.6) is 0 Å². The fourth-order valence-corrected chi connectivity index (χ4v) is 2.01. The number of nitrogens with one attached hydrogen (secondary N) is 1. The molecule has 94 valence electrons. The summed E-state index contributed by atoms with van der Waals surface area (Å²) in [4.78, 5) is 8.55. The Morgan fingerprint density at radius 3 is 2.82 bits per heavy atom. The Balaban J connectivity index is 1.89. The van der Waals surface area contributed by atoms with Crippen LogP contribution in [0.1, 0.15) is 32.5 Å². The third-order valence-electron chi connectivity index (χ3n) is 2.96. The van der Waals surface area contributed by atoms with Gasteiger partial charge in [-0.05, 0) is 19.8 Å². The van der Waals surface area contributed by atoms with Gasteiger partial charge in [-0.15, -0.1) is 0 Å². The second kappa shape index (κ2) is 5.31. The third kappa shape index (κ3) is 3.06. The molecule has 0 aliphatic heterocycles. The lowest BCUT2D eigenvalue weighted by Crippen LogP contribution is -2.41. The molecule has 1 saturated carbocycles. The molecular weight excluding hydrogens is 216 g/mol. The van der Waals surface area contributed by atoms with Crippen LogP contribution < -0.4 is 11.1 Å². The van der Waals surface area contributed by atoms with E-state index in [0.717, 1.165) is 37.5 Å². The molecule has 2 rings (SSSR count). The van der Waals surface area contributed by atoms with Gasteiger partial charge < -0.3 is 15.8 Å². The van der Waals surface area contributed by atoms with E-state index in [4.69, 9.17) is 10.5 Å². The minimum Gasteiger partial charge on any atom is -0.384 e. The molecule has 1 aliphatic rings. The second-order valence-corrected chi connectivity index (χ2v) is 4.34. The zero-order valence-corrected chi connectivity index (χ0v) is 10.4. The highest BCUT2D eigenvalue weighted by Gasteiger charge is 2.29. The van der Waals surface area contributed by atoms with Crippen molar-refractivity contribution in [2.24, 2.45) is 0 Å². The van der Waals surface area contributed by atoms with Gasteiger partial charge in [-0.2, -0.15) is 0 Å². The molecule has 5 heteroatoms. The smallest absolute Gasteiger partial charge is 0.132 e. The predicted molar refractivity (Wildman–Crippen MR) is 67.9 cm³/mol. The van der Waals surface area contributed by atoms with Crippen molar-refractivity contribution in [2.75, 3.05) is 17.7 Å². The largest absolute Gasteiger partial charge is 0.384 e. The first-order valence-corrected chi connectivity index (χ1v) is 6.22. The van der Waals surface area contributed by atoms with Crippen LogP contribution in [0.3, 0.4) is 0 Å². The first kappa shape index (κ1) is 12.1. The first-order valence-electron chi connectivity index (χ1n) is 6.22. The van der Waals surface area contributed by atoms with E-state index in [9.17, 15) is 0 Å². The van der Waals surface area contributed by atoms with Gasteiger partial charge in [0.25, 0.3) is 0 Å². The molecule has 1 heterocycles. The fourth-order valence-electron chi connectivity index (χ4n) is 2.01. The molecule has 0 radical (unpaired) electrons. The predicted octanol–water partition coefficient (Wildman–Crippen LogP) is 1.60. The van der Waals surface area contributed by atoms with Crippen LogP contribution in [0.15, 0.2) is 6.07 Å². The summed E-state index contributed by atoms with van der Waals surface area (Å²) in [5.74, 6) is 2.14. The van der Waals surface area contributed by atoms with E-state index in [2.05, 4.69) is 15.3 Å². The van der Waals surface area contributed by atoms with Crippen LogP contribution in [-0.4, -0.2) is 28.7 Å². The van der Waals surface area contributed by atoms with Gasteiger partial charge in [-0.1, -0.05) is 6.92 Å². The number of nitrogens with two attached hydrogens (primary N) is 1. The van der Waals surface area contributed by atoms with Crippen LogP contribution in [0, 0.1) is 0 Å². The van der Waals surface area contributed by atoms with Crippen molar-refractivity contribution >= 4 is 11.6 Å². The summed E-state index contributed by atoms with van der Waals surface area (Å²) in [6.07, 6.45) is 3.28. The summed E-state index contributed by atoms with van der Waals surface area (Å²) in [6.45, 7) is 4.84. The Bertz CT molecular complexity index is 377. The first-order chi connectivity index (χ1) is 8.21. The van der Waals surface area contributed by atoms with Crippen LogP contribution in [0.2, 0.25) is 0 Å². The fraction of sp³-hybridized carbons (Fsp3) is 0.667. The summed E-state index contributed by atoms with van der Waals surface area (Å²) in [6, 6.07) is 2.23. The van der Waals surface area contributed by atoms with Gasteiger partial charge >= 0.3 is 0 Å². The van der Waals surface area contributed by atoms with Gasteiger partial charge in [0.1, 0.15) is 17.5 Å². The lowest BCUT2D eigenvalue weighted by molar-refractivity contribution is 0.00292. The molecule has 1 fully saturated rings. The molecule has 1 aromatic rings. The normalized spacial score (nSPS) is 23.2. The maximum Gasteiger partial charge on any atom is 0.132 e. The van der Waals surface area contributed by atoms with Crippen molar-refractivity contribution < 1.29 is 4.74 Å². The van der Waals surface area contributed by atoms with E-state index in [0.29, 0.717) is 18.0 Å². The molecule has 5 nitrogen and oxygen atoms in total. The molecule has 1 aliphatic carbocycles. The van der Waals surface area contributed by atoms with E-state index in [-0.39, 0.29) is 0 Å². The highest BCUT2D eigenvalue weighted by Crippen LogP contribution is 2.26. The summed E-state index contributed by atoms with van der Waals surface area (Å²) in [5.41, 5.74) is 5.73. The number of anilines is 2. The van der Waals surface area contributed by atoms with Crippen molar-refractivity contribution in [1.82, 2.24) is 9.97 Å². The maximum atomic E-state index is 5.73. The van der Waals surface area contributed by atoms with Crippen LogP contribution in [0.25, 0.3) is 0 Å². The summed E-state index contributed by atoms with van der Waals surface area (Å²) < 4.78 is 5.52. The number of rotatable bonds is 5. The summed E-state index contributed by atoms with van der Waals surface area (Å²) in [5, 5.41) is 3.37. The molecule has 17 heavy (non-hydrogen) atoms. The van der Waals surface area contributed by atoms with Gasteiger partial charge in [-0.25, -0.2) is 9.97 Å². The third-order valence-corrected chi connectivity index (χ3v) is 2.96. The van der Waals surface area contributed by atoms with Gasteiger partial charge in [0.15, 0.2) is 0 Å². The van der Waals surface area contributed by atoms with Crippen molar-refractivity contribution in [3.8, 4) is 0 Å². The molecule has 0 unspecified atom stereocenters. The average Bonchev–Trinajstić information content (AvgIpc) is 2.25. The average molecular weight is 236 g/mol. The maximum absolute atomic E-state index is 5.73. The highest BCUT2D eigenvalue weighted by molar-refractivity contribution is 5.45. The minimum absolute atomic E-state index is 0.405. The second-order valence-electron chi connectivity index (χ2n) is 4.34. The van der Waals surface area contributed by atoms with E-state index >= 15 is 0 Å². The summed E-state index contributed by atoms with van der Waals surface area (Å²) in [7, 11) is 0. The Morgan fingerprint density at radius 2 is 2.18 bits per heavy atom. The standard InChI is InChI=1S/C12H20N4O/c1-3-11-15-10(13)7-12(16-11)14-8-5-9(6-8)17-4-2/h7-9H,3-6H2,1-2H3,(H3,13,14,15,16). The van der Waals surface area contributed by atoms with Gasteiger partial charge in [0, 0.05) is 25.1 Å². The lowest BCUT2D eigenvalue weighted by atomic mass is 9.89. The molecule has 0 atom stereocenters. The van der Waals surface area contributed by atoms with Crippen molar-refractivity contribution in [3.63, 3.8) is 0 Å². The minimum atomic E-state index is 0.405. The number of aryl methyl sites for hydroxylation is 1. The molecule has 1 aromatic heterocycles. The van der Waals surface area contributed by atoms with Gasteiger partial charge in [0.2, 0.25) is 0 Å². The lowest BCUT2D eigenvalue weighted by Gasteiger charge is -2.35. The van der Waals surface area contributed by atoms with Crippen LogP contribution >= 0.6 is 0 Å². The van der Waals surface area contributed by atoms with Crippen molar-refractivity contribution in [2.45, 2.75) is 45.3 Å². The zero-order chi connectivity index (χ0) is 12.3. The number of hydrogen-bond acceptors (Lipinski definition) is 5. The molecule has 0 spiro atoms. The highest BCUT2D eigenvalue weighted by atomic mass is 16.5. The number of nitrogen functional groups attached to an aromatic ring is 1. The van der Waals surface area contributed by atoms with Crippen molar-refractivity contribution in [3.05, 3.63) is 11.9 Å². The monoisotopic (exact) mass is 236 g/mol. The molecule has 3 N–H and O–H groups in total. The van der Waals surface area contributed by atoms with E-state index in [1.807, 2.05) is 13.8 Å². The quantitative estimate of drug-likeness (QED) is 0.812. The van der Waals surface area contributed by atoms with Crippen LogP contribution in [-0.2, 0) is 11.2 Å². The summed E-state index contributed by atoms with van der Waals surface area (Å²) >= 11 is 0. The Hall–Kier alpha value is -1.36. The number of nitrogens with zero attached hydrogens (tertiary/aromatic N) is 2. The van der Waals surface area contributed by atoms with Crippen molar-refractivity contribution in [1.29, 1.82) is 0 Å². The molecule has 0 saturated heterocycles. The molecule has 0 aromatic carbocycles. The Morgan fingerprint density at radius 1 is 1.41 bits per heavy atom. The number of ether oxygens (including phenoxy) is 1. The van der Waals surface area contributed by atoms with E-state index in [1.165, 1.54) is 0 Å². The van der Waals surface area contributed by atoms with Gasteiger partial charge in [0.05, 0.1) is 6.10 Å². The number of hydrogen-bond donors (Lipinski definition) is 2. The van der Waals surface area contributed by atoms with Crippen LogP contribution in [0.4, 0.5) is 11.6 Å². The van der Waals surface area contributed by atoms with E-state index in [1.54, 1.807) is 6.07 Å². The van der Waals surface area contributed by atoms with Gasteiger partial charge in [-0.3, -0.25) is 0 Å². The molecule has 0 amide bonds. The number of aromatic nitrogens is 2. The Labute approximate surface area is 102 Å². The zero-order valence-electron chi connectivity index (χ0n) is 10.4.